The molecule has 0 aliphatic heterocycles. The molecule has 4 aromatic carbocycles. The number of hydrogen-bond acceptors (Lipinski definition) is 4. The van der Waals surface area contributed by atoms with Gasteiger partial charge in [0.15, 0.2) is 11.6 Å². The zero-order valence-electron chi connectivity index (χ0n) is 29.4. The average molecular weight is 737 g/mol. The minimum Gasteiger partial charge on any atom is -0.486 e. The average Bonchev–Trinajstić information content (AvgIpc) is 3.57. The first-order valence-electron chi connectivity index (χ1n) is 16.5. The van der Waals surface area contributed by atoms with Crippen LogP contribution in [-0.4, -0.2) is 28.5 Å². The van der Waals surface area contributed by atoms with Crippen LogP contribution in [0.3, 0.4) is 0 Å². The molecule has 6 aromatic rings. The Hall–Kier alpha value is -6.00. The second kappa shape index (κ2) is 21.4. The summed E-state index contributed by atoms with van der Waals surface area (Å²) in [4.78, 5) is 20.6. The number of aromatic nitrogens is 2. The number of nitrogens with zero attached hydrogens (tertiary/aromatic N) is 1. The number of halogens is 3. The van der Waals surface area contributed by atoms with Crippen molar-refractivity contribution in [2.75, 3.05) is 11.9 Å². The van der Waals surface area contributed by atoms with Crippen LogP contribution in [0.25, 0.3) is 22.0 Å². The van der Waals surface area contributed by atoms with Crippen molar-refractivity contribution in [3.63, 3.8) is 0 Å². The smallest absolute Gasteiger partial charge is 0.254 e. The van der Waals surface area contributed by atoms with Gasteiger partial charge < -0.3 is 20.4 Å². The lowest BCUT2D eigenvalue weighted by atomic mass is 10.0. The number of pyridine rings is 1. The van der Waals surface area contributed by atoms with Crippen molar-refractivity contribution >= 4 is 36.0 Å². The molecule has 0 bridgehead atoms. The molecule has 53 heavy (non-hydrogen) atoms. The van der Waals surface area contributed by atoms with Crippen molar-refractivity contribution in [3.05, 3.63) is 188 Å². The van der Waals surface area contributed by atoms with Gasteiger partial charge in [-0.1, -0.05) is 73.9 Å². The standard InChI is InChI=1S/C36H29F3N4O2.C4H6.C3H6.H2S/c37-27-9-5-23(6-10-27)22-45-35-12-8-25(19-33(35)39)24-7-11-31(32(38)18-24)36(44)43-29(21-41-28-13-15-40-16-14-28)17-26-20-42-34-4-2-1-3-30(26)34;1-3-4-2;1-3-2;/h1-16,18-20,29,42H,17,21-22H2,(H,40,41)(H,43,44);3-4H,1-2H2;3H,1H2,2H3;1H2. The Bertz CT molecular complexity index is 2080. The van der Waals surface area contributed by atoms with Gasteiger partial charge in [-0.15, -0.1) is 6.58 Å². The van der Waals surface area contributed by atoms with E-state index in [0.29, 0.717) is 29.7 Å². The number of benzene rings is 4. The summed E-state index contributed by atoms with van der Waals surface area (Å²) in [6.07, 6.45) is 10.8. The van der Waals surface area contributed by atoms with E-state index in [1.54, 1.807) is 54.9 Å². The van der Waals surface area contributed by atoms with E-state index in [0.717, 1.165) is 22.2 Å². The summed E-state index contributed by atoms with van der Waals surface area (Å²) in [5, 5.41) is 7.35. The number of hydrogen-bond donors (Lipinski definition) is 3. The van der Waals surface area contributed by atoms with Gasteiger partial charge in [0.2, 0.25) is 0 Å². The number of carbonyl (C=O) groups excluding carboxylic acids is 1. The van der Waals surface area contributed by atoms with Crippen LogP contribution in [0.2, 0.25) is 0 Å². The molecule has 0 saturated carbocycles. The van der Waals surface area contributed by atoms with Gasteiger partial charge in [-0.05, 0) is 90.2 Å². The number of nitrogens with one attached hydrogen (secondary N) is 3. The van der Waals surface area contributed by atoms with Crippen molar-refractivity contribution in [2.24, 2.45) is 0 Å². The molecule has 3 N–H and O–H groups in total. The summed E-state index contributed by atoms with van der Waals surface area (Å²) in [5.74, 6) is -2.26. The van der Waals surface area contributed by atoms with E-state index in [4.69, 9.17) is 4.74 Å². The molecule has 6 nitrogen and oxygen atoms in total. The number of H-pyrrole nitrogens is 1. The van der Waals surface area contributed by atoms with Gasteiger partial charge in [-0.25, -0.2) is 13.2 Å². The number of fused-ring (bicyclic) bond motifs is 1. The molecule has 0 saturated heterocycles. The normalized spacial score (nSPS) is 10.6. The van der Waals surface area contributed by atoms with Crippen LogP contribution >= 0.6 is 13.5 Å². The highest BCUT2D eigenvalue weighted by molar-refractivity contribution is 7.59. The van der Waals surface area contributed by atoms with E-state index < -0.39 is 17.5 Å². The predicted octanol–water partition coefficient (Wildman–Crippen LogP) is 10.3. The molecule has 10 heteroatoms. The zero-order valence-corrected chi connectivity index (χ0v) is 30.4. The SMILES string of the molecule is C=CC.C=CC=C.O=C(NC(CNc1ccncc1)Cc1c[nH]c2ccccc12)c1ccc(-c2ccc(OCc3ccc(F)cc3)c(F)c2)cc1F.S. The Morgan fingerprint density at radius 1 is 0.868 bits per heavy atom. The van der Waals surface area contributed by atoms with Crippen molar-refractivity contribution in [3.8, 4) is 16.9 Å². The number of carbonyl (C=O) groups is 1. The number of rotatable bonds is 12. The van der Waals surface area contributed by atoms with Gasteiger partial charge in [-0.2, -0.15) is 13.5 Å². The number of amides is 1. The molecule has 0 spiro atoms. The maximum atomic E-state index is 15.4. The van der Waals surface area contributed by atoms with Crippen molar-refractivity contribution in [2.45, 2.75) is 26.0 Å². The van der Waals surface area contributed by atoms with Gasteiger partial charge in [-0.3, -0.25) is 9.78 Å². The monoisotopic (exact) mass is 736 g/mol. The fraction of sp³-hybridized carbons (Fsp3) is 0.116. The maximum Gasteiger partial charge on any atom is 0.254 e. The van der Waals surface area contributed by atoms with E-state index in [-0.39, 0.29) is 43.3 Å². The second-order valence-electron chi connectivity index (χ2n) is 11.5. The van der Waals surface area contributed by atoms with E-state index >= 15 is 4.39 Å². The fourth-order valence-corrected chi connectivity index (χ4v) is 5.13. The van der Waals surface area contributed by atoms with Crippen LogP contribution in [0, 0.1) is 17.5 Å². The molecule has 2 aromatic heterocycles. The first-order valence-corrected chi connectivity index (χ1v) is 16.5. The van der Waals surface area contributed by atoms with Crippen LogP contribution in [0.4, 0.5) is 18.9 Å². The van der Waals surface area contributed by atoms with Crippen LogP contribution < -0.4 is 15.4 Å². The van der Waals surface area contributed by atoms with Gasteiger partial charge >= 0.3 is 0 Å². The first kappa shape index (κ1) is 41.4. The molecule has 0 aliphatic carbocycles. The van der Waals surface area contributed by atoms with Crippen molar-refractivity contribution in [1.82, 2.24) is 15.3 Å². The highest BCUT2D eigenvalue weighted by Gasteiger charge is 2.20. The number of allylic oxidation sites excluding steroid dienone is 3. The third-order valence-corrected chi connectivity index (χ3v) is 7.66. The van der Waals surface area contributed by atoms with Gasteiger partial charge in [0.1, 0.15) is 18.2 Å². The minimum atomic E-state index is -0.727. The van der Waals surface area contributed by atoms with E-state index in [1.165, 1.54) is 36.4 Å². The summed E-state index contributed by atoms with van der Waals surface area (Å²) in [6.45, 7) is 12.4. The zero-order chi connectivity index (χ0) is 37.3. The predicted molar refractivity (Wildman–Crippen MR) is 215 cm³/mol. The highest BCUT2D eigenvalue weighted by Crippen LogP contribution is 2.28. The lowest BCUT2D eigenvalue weighted by Crippen LogP contribution is -2.41. The van der Waals surface area contributed by atoms with Crippen molar-refractivity contribution < 1.29 is 22.7 Å². The molecule has 6 rings (SSSR count). The van der Waals surface area contributed by atoms with E-state index in [9.17, 15) is 13.6 Å². The molecule has 274 valence electrons. The summed E-state index contributed by atoms with van der Waals surface area (Å²) in [7, 11) is 0. The third-order valence-electron chi connectivity index (χ3n) is 7.66. The van der Waals surface area contributed by atoms with E-state index in [2.05, 4.69) is 40.3 Å². The molecular weight excluding hydrogens is 694 g/mol. The van der Waals surface area contributed by atoms with Gasteiger partial charge in [0.25, 0.3) is 5.91 Å². The largest absolute Gasteiger partial charge is 0.486 e. The lowest BCUT2D eigenvalue weighted by molar-refractivity contribution is 0.0935. The van der Waals surface area contributed by atoms with Gasteiger partial charge in [0, 0.05) is 41.7 Å². The molecular formula is C43H43F3N4O2S. The Morgan fingerprint density at radius 3 is 2.15 bits per heavy atom. The summed E-state index contributed by atoms with van der Waals surface area (Å²) < 4.78 is 48.9. The Balaban J connectivity index is 0.000000873. The molecule has 1 atom stereocenters. The summed E-state index contributed by atoms with van der Waals surface area (Å²) in [5.41, 5.74) is 4.26. The van der Waals surface area contributed by atoms with Crippen LogP contribution in [0.1, 0.15) is 28.4 Å². The highest BCUT2D eigenvalue weighted by atomic mass is 32.1. The molecule has 0 fully saturated rings. The lowest BCUT2D eigenvalue weighted by Gasteiger charge is -2.20. The van der Waals surface area contributed by atoms with E-state index in [1.807, 2.05) is 49.5 Å². The molecule has 2 heterocycles. The Morgan fingerprint density at radius 2 is 1.51 bits per heavy atom. The number of anilines is 1. The third kappa shape index (κ3) is 12.3. The Labute approximate surface area is 315 Å². The Kier molecular flexibility index (Phi) is 16.7. The number of ether oxygens (including phenoxy) is 1. The number of aromatic amines is 1. The van der Waals surface area contributed by atoms with Gasteiger partial charge in [0.05, 0.1) is 11.6 Å². The second-order valence-corrected chi connectivity index (χ2v) is 11.5. The van der Waals surface area contributed by atoms with Crippen LogP contribution in [-0.2, 0) is 13.0 Å². The first-order chi connectivity index (χ1) is 25.3. The molecule has 0 aliphatic rings. The number of para-hydroxylation sites is 1. The molecule has 0 radical (unpaired) electrons. The maximum absolute atomic E-state index is 15.4. The fourth-order valence-electron chi connectivity index (χ4n) is 5.13. The van der Waals surface area contributed by atoms with Crippen molar-refractivity contribution in [1.29, 1.82) is 0 Å². The summed E-state index contributed by atoms with van der Waals surface area (Å²) >= 11 is 0. The minimum absolute atomic E-state index is 0. The molecule has 1 unspecified atom stereocenters. The topological polar surface area (TPSA) is 79.0 Å². The van der Waals surface area contributed by atoms with Crippen LogP contribution in [0.15, 0.2) is 154 Å². The molecule has 1 amide bonds. The van der Waals surface area contributed by atoms with Crippen LogP contribution in [0.5, 0.6) is 5.75 Å². The summed E-state index contributed by atoms with van der Waals surface area (Å²) in [6, 6.07) is 25.4. The quantitative estimate of drug-likeness (QED) is 0.0864.